The number of rotatable bonds is 10. The van der Waals surface area contributed by atoms with Crippen molar-refractivity contribution in [3.8, 4) is 0 Å². The molecule has 0 aliphatic heterocycles. The maximum absolute atomic E-state index is 10.4. The fourth-order valence-corrected chi connectivity index (χ4v) is 3.17. The van der Waals surface area contributed by atoms with Gasteiger partial charge in [-0.3, -0.25) is 4.79 Å². The molecule has 0 N–H and O–H groups in total. The number of ether oxygens (including phenoxy) is 2. The highest BCUT2D eigenvalue weighted by Crippen LogP contribution is 2.37. The molecular weight excluding hydrogens is 284 g/mol. The summed E-state index contributed by atoms with van der Waals surface area (Å²) in [5, 5.41) is 0.213. The van der Waals surface area contributed by atoms with Crippen LogP contribution in [0.2, 0.25) is 18.1 Å². The molecule has 4 nitrogen and oxygen atoms in total. The highest BCUT2D eigenvalue weighted by molar-refractivity contribution is 6.74. The van der Waals surface area contributed by atoms with Crippen molar-refractivity contribution in [2.24, 2.45) is 0 Å². The minimum atomic E-state index is -1.73. The van der Waals surface area contributed by atoms with Crippen LogP contribution in [0.15, 0.2) is 12.2 Å². The van der Waals surface area contributed by atoms with E-state index in [9.17, 15) is 4.79 Å². The van der Waals surface area contributed by atoms with E-state index in [2.05, 4.69) is 40.8 Å². The van der Waals surface area contributed by atoms with Crippen molar-refractivity contribution in [1.82, 2.24) is 0 Å². The van der Waals surface area contributed by atoms with Crippen LogP contribution >= 0.6 is 0 Å². The van der Waals surface area contributed by atoms with Crippen LogP contribution in [0.25, 0.3) is 0 Å². The van der Waals surface area contributed by atoms with Crippen LogP contribution in [-0.2, 0) is 18.7 Å². The number of carbonyl (C=O) groups is 1. The van der Waals surface area contributed by atoms with Gasteiger partial charge in [0.1, 0.15) is 13.1 Å². The van der Waals surface area contributed by atoms with Gasteiger partial charge in [-0.2, -0.15) is 0 Å². The molecule has 0 unspecified atom stereocenters. The quantitative estimate of drug-likeness (QED) is 0.265. The van der Waals surface area contributed by atoms with Crippen LogP contribution in [-0.4, -0.2) is 40.7 Å². The molecule has 0 aliphatic rings. The predicted octanol–water partition coefficient (Wildman–Crippen LogP) is 3.92. The van der Waals surface area contributed by atoms with Crippen LogP contribution in [0.3, 0.4) is 0 Å². The third-order valence-corrected chi connectivity index (χ3v) is 8.57. The molecule has 0 saturated carbocycles. The van der Waals surface area contributed by atoms with E-state index >= 15 is 0 Å². The number of methoxy groups -OCH3 is 1. The fourth-order valence-electron chi connectivity index (χ4n) is 1.70. The number of hydrogen-bond donors (Lipinski definition) is 0. The van der Waals surface area contributed by atoms with Gasteiger partial charge in [0.2, 0.25) is 0 Å². The molecule has 0 fully saturated rings. The van der Waals surface area contributed by atoms with Crippen LogP contribution in [0.1, 0.15) is 40.5 Å². The zero-order valence-electron chi connectivity index (χ0n) is 14.6. The summed E-state index contributed by atoms with van der Waals surface area (Å²) < 4.78 is 16.8. The average molecular weight is 317 g/mol. The lowest BCUT2D eigenvalue weighted by molar-refractivity contribution is -0.104. The van der Waals surface area contributed by atoms with Crippen molar-refractivity contribution in [3.05, 3.63) is 12.2 Å². The topological polar surface area (TPSA) is 44.8 Å². The van der Waals surface area contributed by atoms with Crippen molar-refractivity contribution < 1.29 is 18.7 Å². The monoisotopic (exact) mass is 316 g/mol. The zero-order valence-corrected chi connectivity index (χ0v) is 15.6. The van der Waals surface area contributed by atoms with Gasteiger partial charge in [0.25, 0.3) is 0 Å². The van der Waals surface area contributed by atoms with Crippen LogP contribution in [0.5, 0.6) is 0 Å². The fraction of sp³-hybridized carbons (Fsp3) is 0.812. The number of aldehydes is 1. The van der Waals surface area contributed by atoms with E-state index in [0.717, 1.165) is 19.1 Å². The Kier molecular flexibility index (Phi) is 9.29. The molecule has 5 heteroatoms. The maximum Gasteiger partial charge on any atom is 0.192 e. The van der Waals surface area contributed by atoms with Gasteiger partial charge in [-0.05, 0) is 44.0 Å². The summed E-state index contributed by atoms with van der Waals surface area (Å²) in [6.07, 6.45) is 5.78. The summed E-state index contributed by atoms with van der Waals surface area (Å²) >= 11 is 0. The summed E-state index contributed by atoms with van der Waals surface area (Å²) in [5.41, 5.74) is 0. The Bertz CT molecular complexity index is 321. The van der Waals surface area contributed by atoms with Gasteiger partial charge in [0, 0.05) is 13.2 Å². The highest BCUT2D eigenvalue weighted by Gasteiger charge is 2.38. The first-order valence-electron chi connectivity index (χ1n) is 7.54. The molecule has 2 atom stereocenters. The van der Waals surface area contributed by atoms with Crippen molar-refractivity contribution in [1.29, 1.82) is 0 Å². The first-order valence-corrected chi connectivity index (χ1v) is 10.4. The first kappa shape index (κ1) is 20.5. The maximum atomic E-state index is 10.4. The summed E-state index contributed by atoms with van der Waals surface area (Å²) in [5.74, 6) is 0. The van der Waals surface area contributed by atoms with Gasteiger partial charge in [-0.15, -0.1) is 0 Å². The molecule has 0 aromatic heterocycles. The second kappa shape index (κ2) is 9.51. The lowest BCUT2D eigenvalue weighted by Crippen LogP contribution is -2.43. The highest BCUT2D eigenvalue weighted by atomic mass is 28.4. The normalized spacial score (nSPS) is 16.1. The molecule has 0 heterocycles. The molecule has 21 heavy (non-hydrogen) atoms. The zero-order chi connectivity index (χ0) is 16.5. The molecule has 0 aromatic rings. The van der Waals surface area contributed by atoms with E-state index in [1.54, 1.807) is 13.2 Å². The van der Waals surface area contributed by atoms with Crippen LogP contribution in [0.4, 0.5) is 0 Å². The van der Waals surface area contributed by atoms with Crippen LogP contribution < -0.4 is 0 Å². The SMILES string of the molecule is COCO[C@@H](C=CC=O)CC[C@@H](C)O[Si](C)(C)C(C)(C)C. The van der Waals surface area contributed by atoms with E-state index in [1.165, 1.54) is 6.08 Å². The standard InChI is InChI=1S/C16H32O4Si/c1-14(20-21(6,7)16(2,3)4)10-11-15(9-8-12-17)19-13-18-5/h8-9,12,14-15H,10-11,13H2,1-7H3/t14-,15+/m1/s1. The summed E-state index contributed by atoms with van der Waals surface area (Å²) in [6.45, 7) is 13.6. The van der Waals surface area contributed by atoms with Gasteiger partial charge in [-0.25, -0.2) is 0 Å². The van der Waals surface area contributed by atoms with E-state index in [0.29, 0.717) is 0 Å². The minimum Gasteiger partial charge on any atom is -0.414 e. The van der Waals surface area contributed by atoms with Crippen LogP contribution in [0, 0.1) is 0 Å². The molecule has 0 saturated heterocycles. The van der Waals surface area contributed by atoms with E-state index in [4.69, 9.17) is 13.9 Å². The van der Waals surface area contributed by atoms with Gasteiger partial charge < -0.3 is 13.9 Å². The van der Waals surface area contributed by atoms with Crippen molar-refractivity contribution in [2.45, 2.75) is 70.9 Å². The Labute approximate surface area is 131 Å². The van der Waals surface area contributed by atoms with Crippen molar-refractivity contribution in [3.63, 3.8) is 0 Å². The number of hydrogen-bond acceptors (Lipinski definition) is 4. The molecule has 0 aliphatic carbocycles. The Balaban J connectivity index is 4.38. The van der Waals surface area contributed by atoms with Gasteiger partial charge in [-0.1, -0.05) is 26.8 Å². The molecule has 0 rings (SSSR count). The summed E-state index contributed by atoms with van der Waals surface area (Å²) in [4.78, 5) is 10.4. The predicted molar refractivity (Wildman–Crippen MR) is 88.9 cm³/mol. The molecule has 0 spiro atoms. The Morgan fingerprint density at radius 1 is 1.19 bits per heavy atom. The van der Waals surface area contributed by atoms with E-state index in [-0.39, 0.29) is 24.0 Å². The Morgan fingerprint density at radius 2 is 1.81 bits per heavy atom. The third-order valence-electron chi connectivity index (χ3n) is 3.96. The molecule has 0 aromatic carbocycles. The third kappa shape index (κ3) is 8.51. The summed E-state index contributed by atoms with van der Waals surface area (Å²) in [7, 11) is -0.143. The largest absolute Gasteiger partial charge is 0.414 e. The first-order chi connectivity index (χ1) is 9.64. The molecular formula is C16H32O4Si. The molecule has 0 amide bonds. The average Bonchev–Trinajstić information content (AvgIpc) is 2.36. The summed E-state index contributed by atoms with van der Waals surface area (Å²) in [6, 6.07) is 0. The van der Waals surface area contributed by atoms with Gasteiger partial charge in [0.05, 0.1) is 6.10 Å². The minimum absolute atomic E-state index is 0.111. The second-order valence-corrected chi connectivity index (χ2v) is 11.7. The van der Waals surface area contributed by atoms with Crippen molar-refractivity contribution in [2.75, 3.05) is 13.9 Å². The Morgan fingerprint density at radius 3 is 2.29 bits per heavy atom. The van der Waals surface area contributed by atoms with E-state index in [1.807, 2.05) is 0 Å². The molecule has 0 radical (unpaired) electrons. The number of carbonyl (C=O) groups excluding carboxylic acids is 1. The van der Waals surface area contributed by atoms with E-state index < -0.39 is 8.32 Å². The smallest absolute Gasteiger partial charge is 0.192 e. The Hall–Kier alpha value is -0.493. The lowest BCUT2D eigenvalue weighted by Gasteiger charge is -2.38. The number of allylic oxidation sites excluding steroid dienone is 1. The van der Waals surface area contributed by atoms with Crippen molar-refractivity contribution >= 4 is 14.6 Å². The molecule has 124 valence electrons. The lowest BCUT2D eigenvalue weighted by atomic mass is 10.1. The molecule has 0 bridgehead atoms. The van der Waals surface area contributed by atoms with Gasteiger partial charge >= 0.3 is 0 Å². The second-order valence-electron chi connectivity index (χ2n) is 6.90. The van der Waals surface area contributed by atoms with Gasteiger partial charge in [0.15, 0.2) is 8.32 Å².